The zero-order valence-corrected chi connectivity index (χ0v) is 18.2. The Morgan fingerprint density at radius 2 is 2.23 bits per heavy atom. The largest absolute Gasteiger partial charge is 0.376 e. The Morgan fingerprint density at radius 1 is 1.40 bits per heavy atom. The zero-order chi connectivity index (χ0) is 21.3. The van der Waals surface area contributed by atoms with E-state index in [-0.39, 0.29) is 11.7 Å². The SMILES string of the molecule is Cc1nc2ccc(NC(=O)/C(C#N)=C/c3cc(C)n(C[C@@H]4CCCO4)c3C)cc2s1. The molecule has 6 nitrogen and oxygen atoms in total. The fraction of sp³-hybridized carbons (Fsp3) is 0.348. The number of carbonyl (C=O) groups excluding carboxylic acids is 1. The van der Waals surface area contributed by atoms with Crippen molar-refractivity contribution >= 4 is 39.2 Å². The first-order valence-corrected chi connectivity index (χ1v) is 10.8. The second kappa shape index (κ2) is 8.42. The van der Waals surface area contributed by atoms with Crippen molar-refractivity contribution in [3.05, 3.63) is 51.8 Å². The molecule has 3 heterocycles. The summed E-state index contributed by atoms with van der Waals surface area (Å²) in [5.41, 5.74) is 4.65. The van der Waals surface area contributed by atoms with Crippen molar-refractivity contribution in [1.82, 2.24) is 9.55 Å². The Balaban J connectivity index is 1.55. The van der Waals surface area contributed by atoms with E-state index in [4.69, 9.17) is 4.74 Å². The molecular formula is C23H24N4O2S. The van der Waals surface area contributed by atoms with Crippen LogP contribution in [-0.2, 0) is 16.1 Å². The van der Waals surface area contributed by atoms with Crippen molar-refractivity contribution in [2.45, 2.75) is 46.3 Å². The summed E-state index contributed by atoms with van der Waals surface area (Å²) in [5, 5.41) is 13.4. The van der Waals surface area contributed by atoms with E-state index in [9.17, 15) is 10.1 Å². The average Bonchev–Trinajstić information content (AvgIpc) is 3.41. The predicted molar refractivity (Wildman–Crippen MR) is 119 cm³/mol. The lowest BCUT2D eigenvalue weighted by Crippen LogP contribution is -2.17. The number of carbonyl (C=O) groups is 1. The molecule has 0 unspecified atom stereocenters. The summed E-state index contributed by atoms with van der Waals surface area (Å²) in [6.07, 6.45) is 4.06. The number of nitrogens with zero attached hydrogens (tertiary/aromatic N) is 3. The van der Waals surface area contributed by atoms with E-state index < -0.39 is 5.91 Å². The first kappa shape index (κ1) is 20.3. The molecule has 1 aromatic carbocycles. The van der Waals surface area contributed by atoms with Gasteiger partial charge in [-0.3, -0.25) is 4.79 Å². The summed E-state index contributed by atoms with van der Waals surface area (Å²) >= 11 is 1.57. The van der Waals surface area contributed by atoms with Gasteiger partial charge in [-0.1, -0.05) is 0 Å². The molecule has 0 radical (unpaired) electrons. The first-order chi connectivity index (χ1) is 14.4. The molecule has 1 aliphatic heterocycles. The number of benzene rings is 1. The van der Waals surface area contributed by atoms with E-state index >= 15 is 0 Å². The van der Waals surface area contributed by atoms with Crippen LogP contribution >= 0.6 is 11.3 Å². The molecule has 1 aliphatic rings. The van der Waals surface area contributed by atoms with Crippen LogP contribution in [0.4, 0.5) is 5.69 Å². The molecule has 3 aromatic rings. The van der Waals surface area contributed by atoms with Gasteiger partial charge in [-0.15, -0.1) is 11.3 Å². The smallest absolute Gasteiger partial charge is 0.266 e. The second-order valence-electron chi connectivity index (χ2n) is 7.61. The maximum atomic E-state index is 12.7. The van der Waals surface area contributed by atoms with Crippen molar-refractivity contribution in [2.24, 2.45) is 0 Å². The number of hydrogen-bond acceptors (Lipinski definition) is 5. The average molecular weight is 421 g/mol. The Kier molecular flexibility index (Phi) is 5.71. The van der Waals surface area contributed by atoms with Crippen LogP contribution in [0.2, 0.25) is 0 Å². The minimum absolute atomic E-state index is 0.0768. The van der Waals surface area contributed by atoms with Crippen LogP contribution in [0.5, 0.6) is 0 Å². The van der Waals surface area contributed by atoms with E-state index in [1.165, 1.54) is 0 Å². The fourth-order valence-corrected chi connectivity index (χ4v) is 4.73. The number of rotatable bonds is 5. The molecule has 0 aliphatic carbocycles. The number of nitrogens with one attached hydrogen (secondary N) is 1. The summed E-state index contributed by atoms with van der Waals surface area (Å²) in [5.74, 6) is -0.415. The predicted octanol–water partition coefficient (Wildman–Crippen LogP) is 4.75. The topological polar surface area (TPSA) is 79.9 Å². The number of thiazole rings is 1. The molecule has 2 aromatic heterocycles. The van der Waals surface area contributed by atoms with E-state index in [0.717, 1.165) is 58.2 Å². The van der Waals surface area contributed by atoms with Crippen molar-refractivity contribution in [3.8, 4) is 6.07 Å². The Bertz CT molecular complexity index is 1180. The maximum absolute atomic E-state index is 12.7. The van der Waals surface area contributed by atoms with Crippen LogP contribution in [0.15, 0.2) is 29.8 Å². The third-order valence-electron chi connectivity index (χ3n) is 5.44. The second-order valence-corrected chi connectivity index (χ2v) is 8.85. The van der Waals surface area contributed by atoms with Crippen LogP contribution in [0.3, 0.4) is 0 Å². The van der Waals surface area contributed by atoms with E-state index in [1.54, 1.807) is 17.4 Å². The minimum atomic E-state index is -0.415. The molecule has 1 amide bonds. The summed E-state index contributed by atoms with van der Waals surface area (Å²) < 4.78 is 8.97. The summed E-state index contributed by atoms with van der Waals surface area (Å²) in [7, 11) is 0. The van der Waals surface area contributed by atoms with Gasteiger partial charge >= 0.3 is 0 Å². The Labute approximate surface area is 179 Å². The van der Waals surface area contributed by atoms with Gasteiger partial charge in [0, 0.05) is 30.2 Å². The zero-order valence-electron chi connectivity index (χ0n) is 17.4. The van der Waals surface area contributed by atoms with Crippen molar-refractivity contribution in [3.63, 3.8) is 0 Å². The van der Waals surface area contributed by atoms with E-state index in [2.05, 4.69) is 14.9 Å². The van der Waals surface area contributed by atoms with Gasteiger partial charge in [0.25, 0.3) is 5.91 Å². The molecule has 1 fully saturated rings. The number of anilines is 1. The quantitative estimate of drug-likeness (QED) is 0.477. The number of aryl methyl sites for hydroxylation is 2. The molecular weight excluding hydrogens is 396 g/mol. The lowest BCUT2D eigenvalue weighted by molar-refractivity contribution is -0.112. The number of fused-ring (bicyclic) bond motifs is 1. The molecule has 154 valence electrons. The Hall–Kier alpha value is -2.95. The van der Waals surface area contributed by atoms with Gasteiger partial charge in [0.1, 0.15) is 11.6 Å². The van der Waals surface area contributed by atoms with E-state index in [0.29, 0.717) is 5.69 Å². The highest BCUT2D eigenvalue weighted by atomic mass is 32.1. The molecule has 7 heteroatoms. The third kappa shape index (κ3) is 4.16. The van der Waals surface area contributed by atoms with Crippen LogP contribution in [0.25, 0.3) is 16.3 Å². The maximum Gasteiger partial charge on any atom is 0.266 e. The van der Waals surface area contributed by atoms with Gasteiger partial charge in [-0.2, -0.15) is 5.26 Å². The van der Waals surface area contributed by atoms with Crippen LogP contribution in [0, 0.1) is 32.1 Å². The van der Waals surface area contributed by atoms with Crippen molar-refractivity contribution in [2.75, 3.05) is 11.9 Å². The minimum Gasteiger partial charge on any atom is -0.376 e. The summed E-state index contributed by atoms with van der Waals surface area (Å²) in [4.78, 5) is 17.2. The highest BCUT2D eigenvalue weighted by Gasteiger charge is 2.19. The van der Waals surface area contributed by atoms with Gasteiger partial charge in [0.2, 0.25) is 0 Å². The summed E-state index contributed by atoms with van der Waals surface area (Å²) in [6.45, 7) is 7.63. The van der Waals surface area contributed by atoms with Crippen molar-refractivity contribution in [1.29, 1.82) is 5.26 Å². The van der Waals surface area contributed by atoms with Crippen LogP contribution < -0.4 is 5.32 Å². The molecule has 0 bridgehead atoms. The highest BCUT2D eigenvalue weighted by Crippen LogP contribution is 2.26. The van der Waals surface area contributed by atoms with Crippen LogP contribution in [-0.4, -0.2) is 28.2 Å². The molecule has 0 spiro atoms. The van der Waals surface area contributed by atoms with Crippen molar-refractivity contribution < 1.29 is 9.53 Å². The van der Waals surface area contributed by atoms with Gasteiger partial charge in [-0.05, 0) is 69.5 Å². The Morgan fingerprint density at radius 3 is 2.97 bits per heavy atom. The monoisotopic (exact) mass is 420 g/mol. The molecule has 4 rings (SSSR count). The lowest BCUT2D eigenvalue weighted by atomic mass is 10.1. The van der Waals surface area contributed by atoms with Gasteiger partial charge in [0.05, 0.1) is 21.3 Å². The molecule has 0 saturated carbocycles. The first-order valence-electron chi connectivity index (χ1n) is 10.0. The molecule has 1 N–H and O–H groups in total. The fourth-order valence-electron chi connectivity index (χ4n) is 3.87. The van der Waals surface area contributed by atoms with E-state index in [1.807, 2.05) is 51.1 Å². The highest BCUT2D eigenvalue weighted by molar-refractivity contribution is 7.18. The number of amides is 1. The normalized spacial score (nSPS) is 16.7. The van der Waals surface area contributed by atoms with Crippen LogP contribution in [0.1, 0.15) is 34.8 Å². The van der Waals surface area contributed by atoms with Gasteiger partial charge in [-0.25, -0.2) is 4.98 Å². The van der Waals surface area contributed by atoms with Gasteiger partial charge < -0.3 is 14.6 Å². The number of nitriles is 1. The number of ether oxygens (including phenoxy) is 1. The third-order valence-corrected chi connectivity index (χ3v) is 6.37. The standard InChI is InChI=1S/C23H24N4O2S/c1-14-9-17(15(2)27(14)13-20-5-4-8-29-20)10-18(12-24)23(28)26-19-6-7-21-22(11-19)30-16(3)25-21/h6-7,9-11,20H,4-5,8,13H2,1-3H3,(H,26,28)/b18-10+/t20-/m0/s1. The number of hydrogen-bond donors (Lipinski definition) is 1. The number of aromatic nitrogens is 2. The molecule has 30 heavy (non-hydrogen) atoms. The summed E-state index contributed by atoms with van der Waals surface area (Å²) in [6, 6.07) is 9.64. The molecule has 1 saturated heterocycles. The lowest BCUT2D eigenvalue weighted by Gasteiger charge is -2.14. The van der Waals surface area contributed by atoms with Gasteiger partial charge in [0.15, 0.2) is 0 Å². The molecule has 1 atom stereocenters.